The fourth-order valence-corrected chi connectivity index (χ4v) is 5.46. The highest BCUT2D eigenvalue weighted by molar-refractivity contribution is 5.96. The molecule has 0 radical (unpaired) electrons. The van der Waals surface area contributed by atoms with Gasteiger partial charge in [0.05, 0.1) is 19.8 Å². The number of benzene rings is 2. The lowest BCUT2D eigenvalue weighted by molar-refractivity contribution is 0.0456. The van der Waals surface area contributed by atoms with E-state index in [0.29, 0.717) is 38.4 Å². The first-order chi connectivity index (χ1) is 19.5. The van der Waals surface area contributed by atoms with Crippen LogP contribution in [0.3, 0.4) is 0 Å². The van der Waals surface area contributed by atoms with Crippen LogP contribution in [-0.4, -0.2) is 103 Å². The van der Waals surface area contributed by atoms with Gasteiger partial charge in [-0.1, -0.05) is 60.7 Å². The number of morpholine rings is 1. The lowest BCUT2D eigenvalue weighted by Gasteiger charge is -2.34. The standard InChI is InChI=1S/C32H40N4O4/c1-33-14-16-34(17-15-33)22-25-2-6-27(7-3-25)28-10-12-30(13-11-28)36(32(39)35-18-20-40-21-19-35)23-26-4-8-29(9-5-26)31(38)24-37/h2-10,12-13,28,37H,11,14-24H2,1H3. The van der Waals surface area contributed by atoms with E-state index in [-0.39, 0.29) is 17.7 Å². The molecule has 2 aromatic rings. The number of likely N-dealkylation sites (N-methyl/N-ethyl adjacent to an activating group) is 1. The quantitative estimate of drug-likeness (QED) is 0.513. The van der Waals surface area contributed by atoms with Crippen LogP contribution >= 0.6 is 0 Å². The predicted octanol–water partition coefficient (Wildman–Crippen LogP) is 3.49. The van der Waals surface area contributed by atoms with Gasteiger partial charge in [-0.2, -0.15) is 0 Å². The largest absolute Gasteiger partial charge is 0.388 e. The number of rotatable bonds is 8. The second kappa shape index (κ2) is 13.4. The second-order valence-electron chi connectivity index (χ2n) is 10.9. The maximum Gasteiger partial charge on any atom is 0.324 e. The number of aliphatic hydroxyl groups is 1. The number of allylic oxidation sites excluding steroid dienone is 3. The van der Waals surface area contributed by atoms with Crippen LogP contribution in [0.4, 0.5) is 4.79 Å². The van der Waals surface area contributed by atoms with Gasteiger partial charge in [-0.15, -0.1) is 0 Å². The Bertz CT molecular complexity index is 1210. The van der Waals surface area contributed by atoms with Crippen molar-refractivity contribution in [2.75, 3.05) is 66.1 Å². The third kappa shape index (κ3) is 7.06. The molecule has 3 aliphatic rings. The molecule has 212 valence electrons. The van der Waals surface area contributed by atoms with Crippen LogP contribution in [0.2, 0.25) is 0 Å². The van der Waals surface area contributed by atoms with Crippen molar-refractivity contribution in [1.29, 1.82) is 0 Å². The number of piperazine rings is 1. The smallest absolute Gasteiger partial charge is 0.324 e. The van der Waals surface area contributed by atoms with E-state index in [1.807, 2.05) is 21.9 Å². The zero-order valence-electron chi connectivity index (χ0n) is 23.4. The van der Waals surface area contributed by atoms with Gasteiger partial charge in [-0.05, 0) is 36.2 Å². The van der Waals surface area contributed by atoms with Crippen molar-refractivity contribution >= 4 is 11.8 Å². The molecule has 0 bridgehead atoms. The van der Waals surface area contributed by atoms with Crippen LogP contribution in [-0.2, 0) is 17.8 Å². The topological polar surface area (TPSA) is 76.6 Å². The summed E-state index contributed by atoms with van der Waals surface area (Å²) in [6, 6.07) is 16.1. The number of hydrogen-bond donors (Lipinski definition) is 1. The maximum atomic E-state index is 13.6. The second-order valence-corrected chi connectivity index (χ2v) is 10.9. The number of nitrogens with zero attached hydrogens (tertiary/aromatic N) is 4. The van der Waals surface area contributed by atoms with Crippen molar-refractivity contribution in [2.45, 2.75) is 25.4 Å². The molecule has 2 amide bonds. The Morgan fingerprint density at radius 1 is 0.925 bits per heavy atom. The summed E-state index contributed by atoms with van der Waals surface area (Å²) in [5.41, 5.74) is 4.90. The molecule has 8 heteroatoms. The van der Waals surface area contributed by atoms with Gasteiger partial charge in [-0.3, -0.25) is 14.6 Å². The van der Waals surface area contributed by atoms with Gasteiger partial charge in [0.2, 0.25) is 0 Å². The van der Waals surface area contributed by atoms with Gasteiger partial charge in [0.25, 0.3) is 0 Å². The van der Waals surface area contributed by atoms with Crippen LogP contribution in [0.15, 0.2) is 72.5 Å². The molecule has 1 atom stereocenters. The highest BCUT2D eigenvalue weighted by Crippen LogP contribution is 2.30. The monoisotopic (exact) mass is 544 g/mol. The Morgan fingerprint density at radius 2 is 1.60 bits per heavy atom. The van der Waals surface area contributed by atoms with Crippen LogP contribution in [0, 0.1) is 0 Å². The summed E-state index contributed by atoms with van der Waals surface area (Å²) < 4.78 is 5.46. The molecule has 2 aliphatic heterocycles. The summed E-state index contributed by atoms with van der Waals surface area (Å²) in [6.07, 6.45) is 7.24. The lowest BCUT2D eigenvalue weighted by atomic mass is 9.91. The summed E-state index contributed by atoms with van der Waals surface area (Å²) in [5.74, 6) is -0.0466. The first-order valence-corrected chi connectivity index (χ1v) is 14.3. The van der Waals surface area contributed by atoms with E-state index in [1.165, 1.54) is 11.1 Å². The van der Waals surface area contributed by atoms with Crippen molar-refractivity contribution in [1.82, 2.24) is 19.6 Å². The van der Waals surface area contributed by atoms with Crippen LogP contribution in [0.25, 0.3) is 0 Å². The molecule has 0 spiro atoms. The van der Waals surface area contributed by atoms with Gasteiger partial charge in [0.15, 0.2) is 5.78 Å². The number of hydrogen-bond acceptors (Lipinski definition) is 6. The number of Topliss-reactive ketones (excluding diaryl/α,β-unsaturated/α-hetero) is 1. The Balaban J connectivity index is 1.26. The van der Waals surface area contributed by atoms with E-state index in [0.717, 1.165) is 50.4 Å². The minimum absolute atomic E-state index is 0.0404. The molecule has 1 unspecified atom stereocenters. The summed E-state index contributed by atoms with van der Waals surface area (Å²) in [5, 5.41) is 9.15. The van der Waals surface area contributed by atoms with Gasteiger partial charge in [0, 0.05) is 63.0 Å². The SMILES string of the molecule is CN1CCN(Cc2ccc(C3C=CC(N(Cc4ccc(C(=O)CO)cc4)C(=O)N4CCOCC4)=CC3)cc2)CC1. The molecular formula is C32H40N4O4. The number of ether oxygens (including phenoxy) is 1. The molecular weight excluding hydrogens is 504 g/mol. The van der Waals surface area contributed by atoms with Crippen molar-refractivity contribution < 1.29 is 19.4 Å². The predicted molar refractivity (Wildman–Crippen MR) is 155 cm³/mol. The first-order valence-electron chi connectivity index (χ1n) is 14.3. The van der Waals surface area contributed by atoms with Gasteiger partial charge < -0.3 is 19.6 Å². The third-order valence-corrected chi connectivity index (χ3v) is 8.07. The highest BCUT2D eigenvalue weighted by atomic mass is 16.5. The molecule has 1 N–H and O–H groups in total. The fourth-order valence-electron chi connectivity index (χ4n) is 5.46. The molecule has 2 aromatic carbocycles. The molecule has 40 heavy (non-hydrogen) atoms. The molecule has 2 fully saturated rings. The first kappa shape index (κ1) is 28.2. The van der Waals surface area contributed by atoms with E-state index >= 15 is 0 Å². The van der Waals surface area contributed by atoms with Gasteiger partial charge >= 0.3 is 6.03 Å². The van der Waals surface area contributed by atoms with Crippen LogP contribution in [0.1, 0.15) is 39.4 Å². The number of amides is 2. The highest BCUT2D eigenvalue weighted by Gasteiger charge is 2.26. The Hall–Kier alpha value is -3.30. The Kier molecular flexibility index (Phi) is 9.44. The third-order valence-electron chi connectivity index (χ3n) is 8.07. The molecule has 8 nitrogen and oxygen atoms in total. The zero-order valence-corrected chi connectivity index (χ0v) is 23.4. The zero-order chi connectivity index (χ0) is 27.9. The molecule has 5 rings (SSSR count). The van der Waals surface area contributed by atoms with Gasteiger partial charge in [0.1, 0.15) is 6.61 Å². The number of ketones is 1. The van der Waals surface area contributed by atoms with E-state index < -0.39 is 6.61 Å². The summed E-state index contributed by atoms with van der Waals surface area (Å²) in [7, 11) is 2.18. The normalized spacial score (nSPS) is 20.3. The summed E-state index contributed by atoms with van der Waals surface area (Å²) in [4.78, 5) is 34.0. The van der Waals surface area contributed by atoms with Gasteiger partial charge in [-0.25, -0.2) is 4.79 Å². The molecule has 0 saturated carbocycles. The maximum absolute atomic E-state index is 13.6. The van der Waals surface area contributed by atoms with Crippen molar-refractivity contribution in [2.24, 2.45) is 0 Å². The minimum Gasteiger partial charge on any atom is -0.388 e. The number of carbonyl (C=O) groups excluding carboxylic acids is 2. The number of urea groups is 1. The average molecular weight is 545 g/mol. The van der Waals surface area contributed by atoms with E-state index in [4.69, 9.17) is 9.84 Å². The average Bonchev–Trinajstić information content (AvgIpc) is 3.01. The van der Waals surface area contributed by atoms with Crippen molar-refractivity contribution in [3.63, 3.8) is 0 Å². The number of aliphatic hydroxyl groups excluding tert-OH is 1. The minimum atomic E-state index is -0.515. The molecule has 2 heterocycles. The lowest BCUT2D eigenvalue weighted by Crippen LogP contribution is -2.47. The summed E-state index contributed by atoms with van der Waals surface area (Å²) in [6.45, 7) is 7.57. The fraction of sp³-hybridized carbons (Fsp3) is 0.438. The molecule has 0 aromatic heterocycles. The van der Waals surface area contributed by atoms with E-state index in [1.54, 1.807) is 12.1 Å². The Morgan fingerprint density at radius 3 is 2.23 bits per heavy atom. The number of carbonyl (C=O) groups is 2. The van der Waals surface area contributed by atoms with Crippen LogP contribution < -0.4 is 0 Å². The van der Waals surface area contributed by atoms with E-state index in [2.05, 4.69) is 59.3 Å². The van der Waals surface area contributed by atoms with E-state index in [9.17, 15) is 9.59 Å². The molecule has 1 aliphatic carbocycles. The summed E-state index contributed by atoms with van der Waals surface area (Å²) >= 11 is 0. The van der Waals surface area contributed by atoms with Crippen molar-refractivity contribution in [3.8, 4) is 0 Å². The van der Waals surface area contributed by atoms with Crippen LogP contribution in [0.5, 0.6) is 0 Å². The van der Waals surface area contributed by atoms with Crippen molar-refractivity contribution in [3.05, 3.63) is 94.7 Å². The Labute approximate surface area is 237 Å². The molecule has 2 saturated heterocycles.